The fourth-order valence-corrected chi connectivity index (χ4v) is 2.06. The summed E-state index contributed by atoms with van der Waals surface area (Å²) in [5.74, 6) is 1.41. The molecule has 0 aromatic heterocycles. The second-order valence-corrected chi connectivity index (χ2v) is 4.28. The van der Waals surface area contributed by atoms with E-state index in [1.54, 1.807) is 0 Å². The monoisotopic (exact) mass is 255 g/mol. The van der Waals surface area contributed by atoms with Crippen molar-refractivity contribution in [2.24, 2.45) is 5.16 Å². The number of benzene rings is 2. The maximum Gasteiger partial charge on any atom is 0.231 e. The molecular weight excluding hydrogens is 242 g/mol. The maximum atomic E-state index is 9.21. The van der Waals surface area contributed by atoms with Crippen molar-refractivity contribution < 1.29 is 14.7 Å². The quantitative estimate of drug-likeness (QED) is 0.521. The SMILES string of the molecule is O/N=C(\Cc1ccccc1)c1ccc2c(c1)OCO2. The Labute approximate surface area is 110 Å². The molecule has 0 unspecified atom stereocenters. The molecule has 0 radical (unpaired) electrons. The molecule has 0 saturated carbocycles. The maximum absolute atomic E-state index is 9.21. The van der Waals surface area contributed by atoms with Gasteiger partial charge in [-0.3, -0.25) is 0 Å². The van der Waals surface area contributed by atoms with E-state index in [2.05, 4.69) is 5.16 Å². The van der Waals surface area contributed by atoms with E-state index in [0.29, 0.717) is 17.9 Å². The summed E-state index contributed by atoms with van der Waals surface area (Å²) in [5, 5.41) is 12.6. The molecule has 4 nitrogen and oxygen atoms in total. The fourth-order valence-electron chi connectivity index (χ4n) is 2.06. The van der Waals surface area contributed by atoms with E-state index in [1.165, 1.54) is 0 Å². The molecule has 1 aliphatic heterocycles. The van der Waals surface area contributed by atoms with Crippen LogP contribution < -0.4 is 9.47 Å². The number of hydrogen-bond donors (Lipinski definition) is 1. The van der Waals surface area contributed by atoms with E-state index in [4.69, 9.17) is 9.47 Å². The lowest BCUT2D eigenvalue weighted by Gasteiger charge is -2.06. The second-order valence-electron chi connectivity index (χ2n) is 4.28. The molecule has 0 atom stereocenters. The van der Waals surface area contributed by atoms with E-state index in [9.17, 15) is 5.21 Å². The van der Waals surface area contributed by atoms with Crippen LogP contribution in [0.25, 0.3) is 0 Å². The van der Waals surface area contributed by atoms with Crippen LogP contribution in [0.15, 0.2) is 53.7 Å². The number of hydrogen-bond acceptors (Lipinski definition) is 4. The van der Waals surface area contributed by atoms with Crippen LogP contribution >= 0.6 is 0 Å². The predicted molar refractivity (Wildman–Crippen MR) is 71.0 cm³/mol. The lowest BCUT2D eigenvalue weighted by Crippen LogP contribution is -2.05. The van der Waals surface area contributed by atoms with Gasteiger partial charge in [0.25, 0.3) is 0 Å². The van der Waals surface area contributed by atoms with Gasteiger partial charge in [0.05, 0.1) is 5.71 Å². The van der Waals surface area contributed by atoms with Gasteiger partial charge in [-0.1, -0.05) is 35.5 Å². The largest absolute Gasteiger partial charge is 0.454 e. The zero-order chi connectivity index (χ0) is 13.1. The lowest BCUT2D eigenvalue weighted by atomic mass is 10.0. The Hall–Kier alpha value is -2.49. The number of ether oxygens (including phenoxy) is 2. The van der Waals surface area contributed by atoms with E-state index in [0.717, 1.165) is 16.9 Å². The van der Waals surface area contributed by atoms with Gasteiger partial charge in [0, 0.05) is 12.0 Å². The number of rotatable bonds is 3. The Morgan fingerprint density at radius 3 is 2.63 bits per heavy atom. The molecule has 0 amide bonds. The Kier molecular flexibility index (Phi) is 3.06. The molecule has 2 aromatic rings. The van der Waals surface area contributed by atoms with Crippen molar-refractivity contribution in [2.75, 3.05) is 6.79 Å². The highest BCUT2D eigenvalue weighted by molar-refractivity contribution is 6.02. The summed E-state index contributed by atoms with van der Waals surface area (Å²) >= 11 is 0. The Balaban J connectivity index is 1.87. The molecule has 1 aliphatic rings. The molecule has 0 aliphatic carbocycles. The lowest BCUT2D eigenvalue weighted by molar-refractivity contribution is 0.174. The van der Waals surface area contributed by atoms with Gasteiger partial charge < -0.3 is 14.7 Å². The molecule has 4 heteroatoms. The zero-order valence-corrected chi connectivity index (χ0v) is 10.2. The molecular formula is C15H13NO3. The summed E-state index contributed by atoms with van der Waals surface area (Å²) in [7, 11) is 0. The molecule has 3 rings (SSSR count). The average Bonchev–Trinajstić information content (AvgIpc) is 2.93. The van der Waals surface area contributed by atoms with Gasteiger partial charge in [-0.15, -0.1) is 0 Å². The van der Waals surface area contributed by atoms with Gasteiger partial charge in [-0.2, -0.15) is 0 Å². The van der Waals surface area contributed by atoms with E-state index in [1.807, 2.05) is 48.5 Å². The highest BCUT2D eigenvalue weighted by Crippen LogP contribution is 2.32. The van der Waals surface area contributed by atoms with Crippen molar-refractivity contribution in [1.29, 1.82) is 0 Å². The smallest absolute Gasteiger partial charge is 0.231 e. The van der Waals surface area contributed by atoms with Crippen molar-refractivity contribution in [3.8, 4) is 11.5 Å². The highest BCUT2D eigenvalue weighted by atomic mass is 16.7. The van der Waals surface area contributed by atoms with Crippen molar-refractivity contribution in [3.05, 3.63) is 59.7 Å². The van der Waals surface area contributed by atoms with Crippen LogP contribution in [0.3, 0.4) is 0 Å². The van der Waals surface area contributed by atoms with Crippen molar-refractivity contribution in [3.63, 3.8) is 0 Å². The van der Waals surface area contributed by atoms with Gasteiger partial charge in [0.2, 0.25) is 6.79 Å². The molecule has 1 N–H and O–H groups in total. The normalized spacial score (nSPS) is 13.6. The van der Waals surface area contributed by atoms with Gasteiger partial charge in [0.1, 0.15) is 0 Å². The second kappa shape index (κ2) is 5.02. The van der Waals surface area contributed by atoms with Crippen LogP contribution in [0, 0.1) is 0 Å². The minimum atomic E-state index is 0.239. The minimum absolute atomic E-state index is 0.239. The predicted octanol–water partition coefficient (Wildman–Crippen LogP) is 2.84. The third kappa shape index (κ3) is 2.38. The van der Waals surface area contributed by atoms with Gasteiger partial charge in [-0.25, -0.2) is 0 Å². The van der Waals surface area contributed by atoms with E-state index in [-0.39, 0.29) is 6.79 Å². The van der Waals surface area contributed by atoms with Gasteiger partial charge >= 0.3 is 0 Å². The Bertz CT molecular complexity index is 608. The zero-order valence-electron chi connectivity index (χ0n) is 10.2. The molecule has 96 valence electrons. The van der Waals surface area contributed by atoms with Crippen LogP contribution in [0.4, 0.5) is 0 Å². The van der Waals surface area contributed by atoms with Crippen LogP contribution in [0.1, 0.15) is 11.1 Å². The number of fused-ring (bicyclic) bond motifs is 1. The number of nitrogens with zero attached hydrogens (tertiary/aromatic N) is 1. The number of oxime groups is 1. The first-order chi connectivity index (χ1) is 9.36. The van der Waals surface area contributed by atoms with E-state index >= 15 is 0 Å². The average molecular weight is 255 g/mol. The summed E-state index contributed by atoms with van der Waals surface area (Å²) in [6, 6.07) is 15.4. The Morgan fingerprint density at radius 1 is 1.05 bits per heavy atom. The fraction of sp³-hybridized carbons (Fsp3) is 0.133. The van der Waals surface area contributed by atoms with Crippen LogP contribution in [-0.2, 0) is 6.42 Å². The summed E-state index contributed by atoms with van der Waals surface area (Å²) in [5.41, 5.74) is 2.52. The molecule has 0 bridgehead atoms. The molecule has 0 saturated heterocycles. The standard InChI is InChI=1S/C15H13NO3/c17-16-13(8-11-4-2-1-3-5-11)12-6-7-14-15(9-12)19-10-18-14/h1-7,9,17H,8,10H2/b16-13+. The van der Waals surface area contributed by atoms with Crippen molar-refractivity contribution in [2.45, 2.75) is 6.42 Å². The summed E-state index contributed by atoms with van der Waals surface area (Å²) in [6.45, 7) is 0.239. The van der Waals surface area contributed by atoms with Crippen LogP contribution in [0.5, 0.6) is 11.5 Å². The third-order valence-corrected chi connectivity index (χ3v) is 3.04. The third-order valence-electron chi connectivity index (χ3n) is 3.04. The molecule has 0 fully saturated rings. The molecule has 19 heavy (non-hydrogen) atoms. The van der Waals surface area contributed by atoms with Crippen LogP contribution in [0.2, 0.25) is 0 Å². The van der Waals surface area contributed by atoms with Crippen molar-refractivity contribution >= 4 is 5.71 Å². The Morgan fingerprint density at radius 2 is 1.84 bits per heavy atom. The highest BCUT2D eigenvalue weighted by Gasteiger charge is 2.15. The molecule has 2 aromatic carbocycles. The summed E-state index contributed by atoms with van der Waals surface area (Å²) in [4.78, 5) is 0. The van der Waals surface area contributed by atoms with Crippen molar-refractivity contribution in [1.82, 2.24) is 0 Å². The minimum Gasteiger partial charge on any atom is -0.454 e. The summed E-state index contributed by atoms with van der Waals surface area (Å²) in [6.07, 6.45) is 0.566. The van der Waals surface area contributed by atoms with E-state index < -0.39 is 0 Å². The first-order valence-electron chi connectivity index (χ1n) is 6.02. The topological polar surface area (TPSA) is 51.1 Å². The first-order valence-corrected chi connectivity index (χ1v) is 6.02. The van der Waals surface area contributed by atoms with Gasteiger partial charge in [0.15, 0.2) is 11.5 Å². The first kappa shape index (κ1) is 11.6. The van der Waals surface area contributed by atoms with Gasteiger partial charge in [-0.05, 0) is 23.8 Å². The summed E-state index contributed by atoms with van der Waals surface area (Å²) < 4.78 is 10.6. The molecule has 0 spiro atoms. The van der Waals surface area contributed by atoms with Crippen LogP contribution in [-0.4, -0.2) is 17.7 Å². The molecule has 1 heterocycles.